The highest BCUT2D eigenvalue weighted by Crippen LogP contribution is 2.30. The standard InChI is InChI=1S/C11H13FN2/c1-11(12,7-13)9-3-2-4-10-8(9)5-6-14-10/h2-6,14H,7,13H2,1H3. The average molecular weight is 192 g/mol. The summed E-state index contributed by atoms with van der Waals surface area (Å²) in [5.74, 6) is 0. The Labute approximate surface area is 81.9 Å². The summed E-state index contributed by atoms with van der Waals surface area (Å²) in [6, 6.07) is 7.41. The maximum absolute atomic E-state index is 14.0. The van der Waals surface area contributed by atoms with Crippen molar-refractivity contribution in [3.63, 3.8) is 0 Å². The molecule has 14 heavy (non-hydrogen) atoms. The third kappa shape index (κ3) is 1.30. The molecule has 0 radical (unpaired) electrons. The molecule has 1 unspecified atom stereocenters. The molecule has 0 fully saturated rings. The molecule has 0 saturated heterocycles. The van der Waals surface area contributed by atoms with Crippen molar-refractivity contribution in [3.05, 3.63) is 36.0 Å². The lowest BCUT2D eigenvalue weighted by Crippen LogP contribution is -2.26. The number of fused-ring (bicyclic) bond motifs is 1. The first-order chi connectivity index (χ1) is 6.65. The van der Waals surface area contributed by atoms with Crippen LogP contribution in [0.1, 0.15) is 12.5 Å². The van der Waals surface area contributed by atoms with Gasteiger partial charge in [-0.3, -0.25) is 0 Å². The van der Waals surface area contributed by atoms with E-state index in [-0.39, 0.29) is 6.54 Å². The molecule has 1 aromatic carbocycles. The largest absolute Gasteiger partial charge is 0.361 e. The molecule has 0 aliphatic heterocycles. The van der Waals surface area contributed by atoms with Crippen molar-refractivity contribution in [1.82, 2.24) is 4.98 Å². The summed E-state index contributed by atoms with van der Waals surface area (Å²) < 4.78 is 14.0. The van der Waals surface area contributed by atoms with E-state index in [1.54, 1.807) is 12.3 Å². The first-order valence-corrected chi connectivity index (χ1v) is 4.61. The predicted octanol–water partition coefficient (Wildman–Crippen LogP) is 2.31. The van der Waals surface area contributed by atoms with E-state index in [0.29, 0.717) is 5.56 Å². The van der Waals surface area contributed by atoms with Crippen LogP contribution in [0.5, 0.6) is 0 Å². The van der Waals surface area contributed by atoms with Gasteiger partial charge in [0.25, 0.3) is 0 Å². The molecule has 2 rings (SSSR count). The van der Waals surface area contributed by atoms with Gasteiger partial charge in [-0.15, -0.1) is 0 Å². The van der Waals surface area contributed by atoms with Crippen LogP contribution in [0.25, 0.3) is 10.9 Å². The number of aromatic amines is 1. The normalized spacial score (nSPS) is 15.6. The summed E-state index contributed by atoms with van der Waals surface area (Å²) in [4.78, 5) is 3.05. The minimum Gasteiger partial charge on any atom is -0.361 e. The Bertz CT molecular complexity index is 445. The van der Waals surface area contributed by atoms with Gasteiger partial charge in [-0.1, -0.05) is 12.1 Å². The first-order valence-electron chi connectivity index (χ1n) is 4.61. The smallest absolute Gasteiger partial charge is 0.146 e. The van der Waals surface area contributed by atoms with Crippen LogP contribution in [0.3, 0.4) is 0 Å². The van der Waals surface area contributed by atoms with Crippen LogP contribution in [-0.4, -0.2) is 11.5 Å². The number of aromatic nitrogens is 1. The molecular formula is C11H13FN2. The highest BCUT2D eigenvalue weighted by Gasteiger charge is 2.25. The molecule has 0 saturated carbocycles. The molecular weight excluding hydrogens is 179 g/mol. The average Bonchev–Trinajstić information content (AvgIpc) is 2.64. The van der Waals surface area contributed by atoms with Crippen molar-refractivity contribution in [2.75, 3.05) is 6.54 Å². The minimum atomic E-state index is -1.46. The van der Waals surface area contributed by atoms with E-state index in [1.165, 1.54) is 6.92 Å². The third-order valence-electron chi connectivity index (χ3n) is 2.54. The van der Waals surface area contributed by atoms with Crippen LogP contribution in [0.15, 0.2) is 30.5 Å². The molecule has 1 aromatic heterocycles. The minimum absolute atomic E-state index is 0.00269. The van der Waals surface area contributed by atoms with Gasteiger partial charge in [0.2, 0.25) is 0 Å². The van der Waals surface area contributed by atoms with Crippen molar-refractivity contribution >= 4 is 10.9 Å². The summed E-state index contributed by atoms with van der Waals surface area (Å²) in [6.45, 7) is 1.51. The zero-order valence-corrected chi connectivity index (χ0v) is 8.05. The lowest BCUT2D eigenvalue weighted by atomic mass is 9.95. The lowest BCUT2D eigenvalue weighted by Gasteiger charge is -2.19. The molecule has 2 aromatic rings. The van der Waals surface area contributed by atoms with Gasteiger partial charge in [-0.05, 0) is 24.6 Å². The number of nitrogens with one attached hydrogen (secondary N) is 1. The van der Waals surface area contributed by atoms with Crippen LogP contribution in [0.2, 0.25) is 0 Å². The van der Waals surface area contributed by atoms with Crippen LogP contribution in [-0.2, 0) is 5.67 Å². The Kier molecular flexibility index (Phi) is 2.04. The maximum atomic E-state index is 14.0. The Morgan fingerprint density at radius 3 is 2.93 bits per heavy atom. The third-order valence-corrected chi connectivity index (χ3v) is 2.54. The van der Waals surface area contributed by atoms with Gasteiger partial charge in [0.15, 0.2) is 0 Å². The van der Waals surface area contributed by atoms with Gasteiger partial charge >= 0.3 is 0 Å². The molecule has 0 amide bonds. The van der Waals surface area contributed by atoms with Crippen molar-refractivity contribution in [2.45, 2.75) is 12.6 Å². The molecule has 0 aliphatic rings. The van der Waals surface area contributed by atoms with Gasteiger partial charge < -0.3 is 10.7 Å². The zero-order chi connectivity index (χ0) is 10.2. The SMILES string of the molecule is CC(F)(CN)c1cccc2[nH]ccc12. The molecule has 3 N–H and O–H groups in total. The van der Waals surface area contributed by atoms with Crippen molar-refractivity contribution in [3.8, 4) is 0 Å². The molecule has 0 bridgehead atoms. The number of benzene rings is 1. The van der Waals surface area contributed by atoms with Crippen molar-refractivity contribution in [1.29, 1.82) is 0 Å². The molecule has 1 heterocycles. The monoisotopic (exact) mass is 192 g/mol. The van der Waals surface area contributed by atoms with E-state index < -0.39 is 5.67 Å². The van der Waals surface area contributed by atoms with E-state index in [1.807, 2.05) is 18.2 Å². The Hall–Kier alpha value is -1.35. The zero-order valence-electron chi connectivity index (χ0n) is 8.05. The van der Waals surface area contributed by atoms with Gasteiger partial charge in [0.05, 0.1) is 0 Å². The van der Waals surface area contributed by atoms with Crippen LogP contribution >= 0.6 is 0 Å². The predicted molar refractivity (Wildman–Crippen MR) is 55.8 cm³/mol. The summed E-state index contributed by atoms with van der Waals surface area (Å²) in [7, 11) is 0. The second-order valence-corrected chi connectivity index (χ2v) is 3.65. The van der Waals surface area contributed by atoms with Gasteiger partial charge in [0, 0.05) is 23.6 Å². The molecule has 3 heteroatoms. The summed E-state index contributed by atoms with van der Waals surface area (Å²) in [5, 5.41) is 0.906. The van der Waals surface area contributed by atoms with E-state index in [9.17, 15) is 4.39 Å². The topological polar surface area (TPSA) is 41.8 Å². The molecule has 74 valence electrons. The number of hydrogen-bond donors (Lipinski definition) is 2. The molecule has 1 atom stereocenters. The van der Waals surface area contributed by atoms with Gasteiger partial charge in [0.1, 0.15) is 5.67 Å². The van der Waals surface area contributed by atoms with Crippen molar-refractivity contribution in [2.24, 2.45) is 5.73 Å². The van der Waals surface area contributed by atoms with Crippen LogP contribution in [0, 0.1) is 0 Å². The van der Waals surface area contributed by atoms with Crippen LogP contribution in [0.4, 0.5) is 4.39 Å². The van der Waals surface area contributed by atoms with Gasteiger partial charge in [-0.2, -0.15) is 0 Å². The quantitative estimate of drug-likeness (QED) is 0.753. The van der Waals surface area contributed by atoms with E-state index >= 15 is 0 Å². The van der Waals surface area contributed by atoms with Crippen molar-refractivity contribution < 1.29 is 4.39 Å². The number of nitrogens with two attached hydrogens (primary N) is 1. The first kappa shape index (κ1) is 9.21. The number of H-pyrrole nitrogens is 1. The number of alkyl halides is 1. The Balaban J connectivity index is 2.67. The lowest BCUT2D eigenvalue weighted by molar-refractivity contribution is 0.205. The number of rotatable bonds is 2. The summed E-state index contributed by atoms with van der Waals surface area (Å²) >= 11 is 0. The highest BCUT2D eigenvalue weighted by atomic mass is 19.1. The van der Waals surface area contributed by atoms with E-state index in [4.69, 9.17) is 5.73 Å². The Morgan fingerprint density at radius 2 is 2.21 bits per heavy atom. The molecule has 2 nitrogen and oxygen atoms in total. The fourth-order valence-corrected chi connectivity index (χ4v) is 1.65. The highest BCUT2D eigenvalue weighted by molar-refractivity contribution is 5.83. The summed E-state index contributed by atoms with van der Waals surface area (Å²) in [6.07, 6.45) is 1.81. The second-order valence-electron chi connectivity index (χ2n) is 3.65. The number of halogens is 1. The molecule has 0 aliphatic carbocycles. The van der Waals surface area contributed by atoms with Gasteiger partial charge in [-0.25, -0.2) is 4.39 Å². The second kappa shape index (κ2) is 3.10. The Morgan fingerprint density at radius 1 is 1.43 bits per heavy atom. The fourth-order valence-electron chi connectivity index (χ4n) is 1.65. The molecule has 0 spiro atoms. The maximum Gasteiger partial charge on any atom is 0.146 e. The van der Waals surface area contributed by atoms with E-state index in [0.717, 1.165) is 10.9 Å². The number of hydrogen-bond acceptors (Lipinski definition) is 1. The van der Waals surface area contributed by atoms with E-state index in [2.05, 4.69) is 4.98 Å². The fraction of sp³-hybridized carbons (Fsp3) is 0.273. The summed E-state index contributed by atoms with van der Waals surface area (Å²) in [5.41, 5.74) is 5.55. The van der Waals surface area contributed by atoms with Crippen LogP contribution < -0.4 is 5.73 Å².